The molecule has 0 bridgehead atoms. The lowest BCUT2D eigenvalue weighted by molar-refractivity contribution is -0.276. The number of carboxylic acid groups (broad SMARTS) is 1. The summed E-state index contributed by atoms with van der Waals surface area (Å²) in [6.07, 6.45) is -24.9. The van der Waals surface area contributed by atoms with Crippen LogP contribution in [-0.2, 0) is 33.2 Å². The number of oxime groups is 2. The number of carbonyl (C=O) groups is 2. The molecule has 6 aromatic rings. The quantitative estimate of drug-likeness (QED) is 0.0926. The monoisotopic (exact) mass is 1210 g/mol. The van der Waals surface area contributed by atoms with Gasteiger partial charge in [-0.1, -0.05) is 33.5 Å². The van der Waals surface area contributed by atoms with Gasteiger partial charge in [-0.05, 0) is 116 Å². The Morgan fingerprint density at radius 3 is 1.35 bits per heavy atom. The third-order valence-corrected chi connectivity index (χ3v) is 12.4. The number of Topliss-reactive ketones (excluding diaryl/α,β-unsaturated/α-hetero) is 1. The van der Waals surface area contributed by atoms with E-state index < -0.39 is 118 Å². The lowest BCUT2D eigenvalue weighted by Crippen LogP contribution is -2.42. The number of hydrogen-bond donors (Lipinski definition) is 2. The van der Waals surface area contributed by atoms with Crippen LogP contribution in [0.2, 0.25) is 10.0 Å². The molecule has 4 aromatic heterocycles. The third kappa shape index (κ3) is 15.0. The molecule has 2 aliphatic rings. The van der Waals surface area contributed by atoms with E-state index in [1.54, 1.807) is 36.7 Å². The number of pyridine rings is 2. The topological polar surface area (TPSA) is 132 Å². The van der Waals surface area contributed by atoms with Crippen molar-refractivity contribution >= 4 is 69.6 Å². The van der Waals surface area contributed by atoms with E-state index in [9.17, 15) is 93.7 Å². The molecule has 6 heterocycles. The Morgan fingerprint density at radius 1 is 0.580 bits per heavy atom. The smallest absolute Gasteiger partial charge is 0.435 e. The molecule has 81 heavy (non-hydrogen) atoms. The summed E-state index contributed by atoms with van der Waals surface area (Å²) in [5.41, 5.74) is -4.89. The number of fused-ring (bicyclic) bond motifs is 2. The fraction of sp³-hybridized carbons (Fsp3) is 0.294. The van der Waals surface area contributed by atoms with Gasteiger partial charge >= 0.3 is 43.0 Å². The van der Waals surface area contributed by atoms with Crippen molar-refractivity contribution < 1.29 is 103 Å². The number of hydrogen-bond acceptors (Lipinski definition) is 7. The van der Waals surface area contributed by atoms with Crippen molar-refractivity contribution in [2.24, 2.45) is 16.0 Å². The molecule has 2 unspecified atom stereocenters. The third-order valence-electron chi connectivity index (χ3n) is 12.0. The molecule has 0 spiro atoms. The highest BCUT2D eigenvalue weighted by molar-refractivity contribution is 6.31. The summed E-state index contributed by atoms with van der Waals surface area (Å²) >= 11 is 11.4. The minimum Gasteiger partial charge on any atom is -0.478 e. The van der Waals surface area contributed by atoms with Crippen LogP contribution in [0.4, 0.5) is 79.0 Å². The number of benzene rings is 2. The summed E-state index contributed by atoms with van der Waals surface area (Å²) in [6.45, 7) is -0.316. The van der Waals surface area contributed by atoms with Crippen LogP contribution in [0.5, 0.6) is 0 Å². The van der Waals surface area contributed by atoms with Crippen molar-refractivity contribution in [2.75, 3.05) is 6.54 Å². The zero-order valence-electron chi connectivity index (χ0n) is 40.5. The second-order valence-electron chi connectivity index (χ2n) is 17.7. The molecule has 0 saturated carbocycles. The molecule has 436 valence electrons. The minimum absolute atomic E-state index is 0.0289. The summed E-state index contributed by atoms with van der Waals surface area (Å²) in [7, 11) is 0. The fourth-order valence-corrected chi connectivity index (χ4v) is 8.59. The Balaban J connectivity index is 0.000000236. The molecule has 3 N–H and O–H groups in total. The van der Waals surface area contributed by atoms with Gasteiger partial charge in [0.05, 0.1) is 45.6 Å². The van der Waals surface area contributed by atoms with Gasteiger partial charge in [-0.2, -0.15) is 79.0 Å². The molecule has 0 amide bonds. The number of aromatic nitrogens is 2. The number of carbonyl (C=O) groups excluding carboxylic acids is 1. The van der Waals surface area contributed by atoms with Gasteiger partial charge in [-0.15, -0.1) is 0 Å². The normalized spacial score (nSPS) is 18.1. The predicted octanol–water partition coefficient (Wildman–Crippen LogP) is 16.2. The van der Waals surface area contributed by atoms with Crippen molar-refractivity contribution in [2.45, 2.75) is 86.8 Å². The van der Waals surface area contributed by atoms with Crippen molar-refractivity contribution in [1.82, 2.24) is 8.80 Å². The van der Waals surface area contributed by atoms with E-state index in [1.165, 1.54) is 57.4 Å². The molecule has 0 radical (unpaired) electrons. The van der Waals surface area contributed by atoms with Gasteiger partial charge in [0, 0.05) is 82.7 Å². The highest BCUT2D eigenvalue weighted by atomic mass is 35.5. The predicted molar refractivity (Wildman–Crippen MR) is 258 cm³/mol. The maximum absolute atomic E-state index is 14.2. The van der Waals surface area contributed by atoms with Crippen LogP contribution in [-0.4, -0.2) is 68.3 Å². The molecule has 0 saturated heterocycles. The molecule has 10 nitrogen and oxygen atoms in total. The van der Waals surface area contributed by atoms with E-state index in [1.807, 2.05) is 0 Å². The lowest BCUT2D eigenvalue weighted by Gasteiger charge is -2.30. The van der Waals surface area contributed by atoms with Crippen molar-refractivity contribution in [1.29, 1.82) is 0 Å². The molecule has 2 atom stereocenters. The number of alkyl halides is 18. The first-order chi connectivity index (χ1) is 37.4. The molecule has 30 heteroatoms. The van der Waals surface area contributed by atoms with E-state index in [0.717, 1.165) is 12.1 Å². The van der Waals surface area contributed by atoms with Crippen LogP contribution in [0.1, 0.15) is 92.9 Å². The molecule has 2 aromatic carbocycles. The zero-order chi connectivity index (χ0) is 60.3. The number of halogens is 20. The van der Waals surface area contributed by atoms with E-state index in [2.05, 4.69) is 16.0 Å². The van der Waals surface area contributed by atoms with Gasteiger partial charge in [0.25, 0.3) is 11.2 Å². The molecular formula is C51H37Cl2F18N5O5. The molecular weight excluding hydrogens is 1180 g/mol. The van der Waals surface area contributed by atoms with E-state index in [-0.39, 0.29) is 41.9 Å². The second-order valence-corrected chi connectivity index (χ2v) is 18.6. The van der Waals surface area contributed by atoms with E-state index in [0.29, 0.717) is 46.7 Å². The summed E-state index contributed by atoms with van der Waals surface area (Å²) in [6, 6.07) is 15.1. The SMILES string of the molecule is NCCC(F)(F)F.O=C(CCCC(F)(F)F)c1ccc(/C=C/C2=NOC(c3cc(Cl)cc(C(F)(F)F)c3)(C(F)(F)F)C2)n2cccc12.O=C(O)c1ccc(/C=C/C2=NOC(c3cc(Cl)cc(C(F)(F)F)c3)(C(F)(F)F)C2)n2cccc12. The average Bonchev–Trinajstić information content (AvgIpc) is 4.18. The van der Waals surface area contributed by atoms with E-state index >= 15 is 0 Å². The number of rotatable bonds is 12. The summed E-state index contributed by atoms with van der Waals surface area (Å²) in [5.74, 6) is -1.66. The van der Waals surface area contributed by atoms with Crippen LogP contribution in [0.3, 0.4) is 0 Å². The highest BCUT2D eigenvalue weighted by Gasteiger charge is 2.63. The number of nitrogens with zero attached hydrogens (tertiary/aromatic N) is 4. The Bertz CT molecular complexity index is 3410. The number of aromatic carboxylic acids is 1. The Morgan fingerprint density at radius 2 is 0.988 bits per heavy atom. The van der Waals surface area contributed by atoms with Gasteiger partial charge in [0.15, 0.2) is 5.78 Å². The standard InChI is InChI=1S/C26H18ClF9N2O2.C22H13ClF6N2O3.C3H6F3N/c27-17-12-15(11-16(13-17)25(31,32)33)23(26(34,35)36)14-18(37-40-23)5-6-19-7-8-20(21-3-2-10-38(19)21)22(39)4-1-9-24(28,29)30;23-14-9-12(8-13(10-14)21(24,25)26)20(22(27,28)29)11-15(30-34-20)3-4-16-5-6-17(19(32)33)18-2-1-7-31(16)18;4-3(5,6)1-2-7/h2-3,5-8,10-13H,1,4,9,14H2;1-10H,11H2,(H,32,33);1-2,7H2/b6-5+;4-3+;. The minimum atomic E-state index is -5.17. The second kappa shape index (κ2) is 23.7. The fourth-order valence-electron chi connectivity index (χ4n) is 8.12. The summed E-state index contributed by atoms with van der Waals surface area (Å²) < 4.78 is 237. The van der Waals surface area contributed by atoms with E-state index in [4.69, 9.17) is 32.9 Å². The Labute approximate surface area is 454 Å². The first-order valence-corrected chi connectivity index (χ1v) is 23.7. The van der Waals surface area contributed by atoms with Crippen LogP contribution in [0.25, 0.3) is 23.2 Å². The summed E-state index contributed by atoms with van der Waals surface area (Å²) in [5, 5.41) is 15.1. The van der Waals surface area contributed by atoms with Gasteiger partial charge in [-0.3, -0.25) is 4.79 Å². The zero-order valence-corrected chi connectivity index (χ0v) is 42.0. The van der Waals surface area contributed by atoms with Crippen LogP contribution in [0.15, 0.2) is 120 Å². The van der Waals surface area contributed by atoms with Gasteiger partial charge in [-0.25, -0.2) is 4.79 Å². The summed E-state index contributed by atoms with van der Waals surface area (Å²) in [4.78, 5) is 33.4. The number of carboxylic acids is 1. The highest BCUT2D eigenvalue weighted by Crippen LogP contribution is 2.51. The Kier molecular flexibility index (Phi) is 18.4. The maximum Gasteiger partial charge on any atom is 0.435 e. The van der Waals surface area contributed by atoms with Crippen LogP contribution >= 0.6 is 23.2 Å². The largest absolute Gasteiger partial charge is 0.478 e. The first-order valence-electron chi connectivity index (χ1n) is 22.9. The van der Waals surface area contributed by atoms with Crippen LogP contribution < -0.4 is 5.73 Å². The van der Waals surface area contributed by atoms with Crippen molar-refractivity contribution in [3.8, 4) is 0 Å². The average molecular weight is 1210 g/mol. The van der Waals surface area contributed by atoms with Crippen molar-refractivity contribution in [3.05, 3.63) is 164 Å². The Hall–Kier alpha value is -7.20. The number of allylic oxidation sites excluding steroid dienone is 2. The number of nitrogens with two attached hydrogens (primary N) is 1. The van der Waals surface area contributed by atoms with Crippen molar-refractivity contribution in [3.63, 3.8) is 0 Å². The molecule has 8 rings (SSSR count). The number of ketones is 1. The molecule has 0 fully saturated rings. The molecule has 0 aliphatic carbocycles. The van der Waals surface area contributed by atoms with Gasteiger partial charge < -0.3 is 29.3 Å². The molecule has 2 aliphatic heterocycles. The van der Waals surface area contributed by atoms with Crippen LogP contribution in [0, 0.1) is 0 Å². The lowest BCUT2D eigenvalue weighted by atomic mass is 9.87. The first kappa shape index (κ1) is 63.0. The maximum atomic E-state index is 14.2. The van der Waals surface area contributed by atoms with Gasteiger partial charge in [0.1, 0.15) is 0 Å². The van der Waals surface area contributed by atoms with Gasteiger partial charge in [0.2, 0.25) is 0 Å².